The van der Waals surface area contributed by atoms with E-state index >= 15 is 0 Å². The average Bonchev–Trinajstić information content (AvgIpc) is 2.44. The highest BCUT2D eigenvalue weighted by Crippen LogP contribution is 2.47. The van der Waals surface area contributed by atoms with Crippen LogP contribution in [0.4, 0.5) is 11.4 Å². The minimum Gasteiger partial charge on any atom is -0.453 e. The summed E-state index contributed by atoms with van der Waals surface area (Å²) in [6.07, 6.45) is 0.905. The van der Waals surface area contributed by atoms with Gasteiger partial charge in [0, 0.05) is 17.4 Å². The van der Waals surface area contributed by atoms with Gasteiger partial charge < -0.3 is 9.64 Å². The summed E-state index contributed by atoms with van der Waals surface area (Å²) in [6, 6.07) is 13.7. The molecule has 0 aliphatic carbocycles. The number of ether oxygens (including phenoxy) is 1. The topological polar surface area (TPSA) is 12.5 Å². The van der Waals surface area contributed by atoms with Crippen LogP contribution >= 0.6 is 23.2 Å². The molecule has 0 fully saturated rings. The van der Waals surface area contributed by atoms with Crippen LogP contribution in [-0.4, -0.2) is 12.4 Å². The molecule has 4 heteroatoms. The molecule has 0 spiro atoms. The van der Waals surface area contributed by atoms with Gasteiger partial charge in [-0.05, 0) is 36.8 Å². The molecule has 0 bridgehead atoms. The van der Waals surface area contributed by atoms with Crippen molar-refractivity contribution in [3.63, 3.8) is 0 Å². The molecule has 0 atom stereocenters. The van der Waals surface area contributed by atoms with Crippen LogP contribution in [0.5, 0.6) is 11.5 Å². The van der Waals surface area contributed by atoms with Gasteiger partial charge in [0.1, 0.15) is 0 Å². The summed E-state index contributed by atoms with van der Waals surface area (Å²) < 4.78 is 5.91. The fourth-order valence-electron chi connectivity index (χ4n) is 2.26. The Labute approximate surface area is 122 Å². The third kappa shape index (κ3) is 2.38. The maximum absolute atomic E-state index is 6.09. The normalized spacial score (nSPS) is 12.6. The zero-order valence-corrected chi connectivity index (χ0v) is 11.8. The van der Waals surface area contributed by atoms with Gasteiger partial charge in [0.15, 0.2) is 11.5 Å². The molecule has 0 saturated carbocycles. The first kappa shape index (κ1) is 12.6. The SMILES string of the molecule is ClCCCN1c2ccccc2Oc2ccc(Cl)cc21. The summed E-state index contributed by atoms with van der Waals surface area (Å²) in [4.78, 5) is 2.21. The second-order valence-electron chi connectivity index (χ2n) is 4.38. The number of nitrogens with zero attached hydrogens (tertiary/aromatic N) is 1. The minimum atomic E-state index is 0.634. The largest absolute Gasteiger partial charge is 0.453 e. The molecule has 0 unspecified atom stereocenters. The van der Waals surface area contributed by atoms with Crippen LogP contribution < -0.4 is 9.64 Å². The Bertz CT molecular complexity index is 600. The van der Waals surface area contributed by atoms with Crippen molar-refractivity contribution in [2.75, 3.05) is 17.3 Å². The first-order chi connectivity index (χ1) is 9.29. The number of rotatable bonds is 3. The van der Waals surface area contributed by atoms with Crippen molar-refractivity contribution in [3.05, 3.63) is 47.5 Å². The molecule has 0 aromatic heterocycles. The molecule has 0 saturated heterocycles. The molecule has 1 heterocycles. The molecule has 19 heavy (non-hydrogen) atoms. The van der Waals surface area contributed by atoms with Gasteiger partial charge in [0.05, 0.1) is 11.4 Å². The third-order valence-electron chi connectivity index (χ3n) is 3.10. The average molecular weight is 294 g/mol. The summed E-state index contributed by atoms with van der Waals surface area (Å²) >= 11 is 11.9. The maximum Gasteiger partial charge on any atom is 0.151 e. The lowest BCUT2D eigenvalue weighted by Crippen LogP contribution is -2.22. The number of para-hydroxylation sites is 2. The van der Waals surface area contributed by atoms with Crippen molar-refractivity contribution in [2.24, 2.45) is 0 Å². The fraction of sp³-hybridized carbons (Fsp3) is 0.200. The van der Waals surface area contributed by atoms with Crippen LogP contribution in [-0.2, 0) is 0 Å². The van der Waals surface area contributed by atoms with Crippen LogP contribution in [0.3, 0.4) is 0 Å². The van der Waals surface area contributed by atoms with E-state index in [-0.39, 0.29) is 0 Å². The summed E-state index contributed by atoms with van der Waals surface area (Å²) in [5.74, 6) is 2.33. The van der Waals surface area contributed by atoms with Crippen molar-refractivity contribution in [2.45, 2.75) is 6.42 Å². The fourth-order valence-corrected chi connectivity index (χ4v) is 2.55. The van der Waals surface area contributed by atoms with Gasteiger partial charge in [0.25, 0.3) is 0 Å². The molecule has 2 nitrogen and oxygen atoms in total. The monoisotopic (exact) mass is 293 g/mol. The molecule has 3 rings (SSSR count). The predicted molar refractivity (Wildman–Crippen MR) is 80.3 cm³/mol. The molecule has 0 N–H and O–H groups in total. The summed E-state index contributed by atoms with van der Waals surface area (Å²) in [6.45, 7) is 0.844. The zero-order valence-electron chi connectivity index (χ0n) is 10.3. The highest BCUT2D eigenvalue weighted by molar-refractivity contribution is 6.31. The van der Waals surface area contributed by atoms with Gasteiger partial charge >= 0.3 is 0 Å². The quantitative estimate of drug-likeness (QED) is 0.720. The lowest BCUT2D eigenvalue weighted by molar-refractivity contribution is 0.473. The zero-order chi connectivity index (χ0) is 13.2. The van der Waals surface area contributed by atoms with Gasteiger partial charge in [-0.25, -0.2) is 0 Å². The van der Waals surface area contributed by atoms with Gasteiger partial charge in [-0.1, -0.05) is 23.7 Å². The third-order valence-corrected chi connectivity index (χ3v) is 3.61. The molecule has 98 valence electrons. The Morgan fingerprint density at radius 1 is 1.00 bits per heavy atom. The van der Waals surface area contributed by atoms with Gasteiger partial charge in [-0.15, -0.1) is 11.6 Å². The molecular weight excluding hydrogens is 281 g/mol. The number of benzene rings is 2. The van der Waals surface area contributed by atoms with Crippen molar-refractivity contribution in [3.8, 4) is 11.5 Å². The number of anilines is 2. The van der Waals surface area contributed by atoms with Crippen molar-refractivity contribution >= 4 is 34.6 Å². The Hall–Kier alpha value is -1.38. The maximum atomic E-state index is 6.09. The van der Waals surface area contributed by atoms with E-state index in [0.717, 1.165) is 35.8 Å². The van der Waals surface area contributed by atoms with Crippen LogP contribution in [0.25, 0.3) is 0 Å². The standard InChI is InChI=1S/C15H13Cl2NO/c16-8-3-9-18-12-4-1-2-5-14(12)19-15-7-6-11(17)10-13(15)18/h1-2,4-7,10H,3,8-9H2. The predicted octanol–water partition coefficient (Wildman–Crippen LogP) is 5.21. The van der Waals surface area contributed by atoms with E-state index < -0.39 is 0 Å². The van der Waals surface area contributed by atoms with E-state index in [1.54, 1.807) is 0 Å². The molecular formula is C15H13Cl2NO. The van der Waals surface area contributed by atoms with E-state index in [0.29, 0.717) is 10.9 Å². The Balaban J connectivity index is 2.08. The van der Waals surface area contributed by atoms with Crippen LogP contribution in [0.1, 0.15) is 6.42 Å². The first-order valence-corrected chi connectivity index (χ1v) is 7.11. The van der Waals surface area contributed by atoms with E-state index in [2.05, 4.69) is 4.90 Å². The van der Waals surface area contributed by atoms with Crippen LogP contribution in [0, 0.1) is 0 Å². The van der Waals surface area contributed by atoms with Crippen molar-refractivity contribution < 1.29 is 4.74 Å². The molecule has 1 aliphatic heterocycles. The number of alkyl halides is 1. The Kier molecular flexibility index (Phi) is 3.54. The van der Waals surface area contributed by atoms with E-state index in [1.165, 1.54) is 0 Å². The highest BCUT2D eigenvalue weighted by atomic mass is 35.5. The molecule has 0 radical (unpaired) electrons. The van der Waals surface area contributed by atoms with Gasteiger partial charge in [0.2, 0.25) is 0 Å². The number of halogens is 2. The van der Waals surface area contributed by atoms with Crippen LogP contribution in [0.2, 0.25) is 5.02 Å². The summed E-state index contributed by atoms with van der Waals surface area (Å²) in [5, 5.41) is 0.706. The Morgan fingerprint density at radius 2 is 1.79 bits per heavy atom. The number of fused-ring (bicyclic) bond motifs is 2. The van der Waals surface area contributed by atoms with Gasteiger partial charge in [-0.3, -0.25) is 0 Å². The van der Waals surface area contributed by atoms with E-state index in [1.807, 2.05) is 42.5 Å². The smallest absolute Gasteiger partial charge is 0.151 e. The minimum absolute atomic E-state index is 0.634. The summed E-state index contributed by atoms with van der Waals surface area (Å²) in [5.41, 5.74) is 2.05. The van der Waals surface area contributed by atoms with Gasteiger partial charge in [-0.2, -0.15) is 0 Å². The first-order valence-electron chi connectivity index (χ1n) is 6.19. The van der Waals surface area contributed by atoms with E-state index in [9.17, 15) is 0 Å². The lowest BCUT2D eigenvalue weighted by Gasteiger charge is -2.32. The highest BCUT2D eigenvalue weighted by Gasteiger charge is 2.23. The number of hydrogen-bond donors (Lipinski definition) is 0. The molecule has 0 amide bonds. The molecule has 2 aromatic rings. The summed E-state index contributed by atoms with van der Waals surface area (Å²) in [7, 11) is 0. The molecule has 2 aromatic carbocycles. The second-order valence-corrected chi connectivity index (χ2v) is 5.19. The molecule has 1 aliphatic rings. The van der Waals surface area contributed by atoms with Crippen LogP contribution in [0.15, 0.2) is 42.5 Å². The van der Waals surface area contributed by atoms with E-state index in [4.69, 9.17) is 27.9 Å². The Morgan fingerprint density at radius 3 is 2.63 bits per heavy atom. The van der Waals surface area contributed by atoms with Crippen molar-refractivity contribution in [1.29, 1.82) is 0 Å². The lowest BCUT2D eigenvalue weighted by atomic mass is 10.1. The van der Waals surface area contributed by atoms with Crippen molar-refractivity contribution in [1.82, 2.24) is 0 Å². The number of hydrogen-bond acceptors (Lipinski definition) is 2. The second kappa shape index (κ2) is 5.32.